The van der Waals surface area contributed by atoms with Crippen molar-refractivity contribution in [3.8, 4) is 0 Å². The van der Waals surface area contributed by atoms with E-state index in [0.29, 0.717) is 0 Å². The van der Waals surface area contributed by atoms with Crippen molar-refractivity contribution in [2.24, 2.45) is 0 Å². The summed E-state index contributed by atoms with van der Waals surface area (Å²) in [6, 6.07) is -0.409. The Morgan fingerprint density at radius 2 is 2.25 bits per heavy atom. The van der Waals surface area contributed by atoms with Crippen molar-refractivity contribution >= 4 is 11.8 Å². The van der Waals surface area contributed by atoms with Gasteiger partial charge in [0, 0.05) is 13.6 Å². The van der Waals surface area contributed by atoms with Crippen LogP contribution in [-0.4, -0.2) is 48.9 Å². The van der Waals surface area contributed by atoms with Gasteiger partial charge in [0.25, 0.3) is 0 Å². The first-order chi connectivity index (χ1) is 7.68. The number of nitrogens with zero attached hydrogens (tertiary/aromatic N) is 1. The summed E-state index contributed by atoms with van der Waals surface area (Å²) >= 11 is 0. The third-order valence-corrected chi connectivity index (χ3v) is 3.37. The second-order valence-corrected chi connectivity index (χ2v) is 4.61. The van der Waals surface area contributed by atoms with Gasteiger partial charge in [-0.05, 0) is 25.8 Å². The van der Waals surface area contributed by atoms with Crippen LogP contribution in [0.4, 0.5) is 0 Å². The van der Waals surface area contributed by atoms with Gasteiger partial charge in [0.05, 0.1) is 6.04 Å². The summed E-state index contributed by atoms with van der Waals surface area (Å²) < 4.78 is 0. The lowest BCUT2D eigenvalue weighted by Gasteiger charge is -2.23. The van der Waals surface area contributed by atoms with E-state index in [0.717, 1.165) is 38.8 Å². The largest absolute Gasteiger partial charge is 0.344 e. The van der Waals surface area contributed by atoms with E-state index < -0.39 is 0 Å². The third-order valence-electron chi connectivity index (χ3n) is 3.37. The highest BCUT2D eigenvalue weighted by Crippen LogP contribution is 2.11. The van der Waals surface area contributed by atoms with Gasteiger partial charge in [-0.15, -0.1) is 0 Å². The van der Waals surface area contributed by atoms with Gasteiger partial charge in [-0.2, -0.15) is 0 Å². The highest BCUT2D eigenvalue weighted by Gasteiger charge is 2.32. The molecular weight excluding hydrogens is 206 g/mol. The standard InChI is InChI=1S/C11H19N3O2/c1-14-7-5-9(11(14)16)13-10(15)8-4-2-3-6-12-8/h8-9,12H,2-7H2,1H3,(H,13,15). The molecule has 2 unspecified atom stereocenters. The fourth-order valence-corrected chi connectivity index (χ4v) is 2.30. The molecule has 0 aromatic rings. The summed E-state index contributed by atoms with van der Waals surface area (Å²) in [5.74, 6) is 0.0116. The van der Waals surface area contributed by atoms with Gasteiger partial charge in [0.1, 0.15) is 6.04 Å². The molecule has 2 saturated heterocycles. The fourth-order valence-electron chi connectivity index (χ4n) is 2.30. The SMILES string of the molecule is CN1CCC(NC(=O)C2CCCCN2)C1=O. The zero-order valence-corrected chi connectivity index (χ0v) is 9.66. The summed E-state index contributed by atoms with van der Waals surface area (Å²) in [7, 11) is 1.77. The number of nitrogens with one attached hydrogen (secondary N) is 2. The van der Waals surface area contributed by atoms with Crippen LogP contribution in [0.5, 0.6) is 0 Å². The van der Waals surface area contributed by atoms with Crippen molar-refractivity contribution in [1.82, 2.24) is 15.5 Å². The maximum absolute atomic E-state index is 11.9. The summed E-state index contributed by atoms with van der Waals surface area (Å²) in [4.78, 5) is 25.1. The van der Waals surface area contributed by atoms with Gasteiger partial charge in [0.2, 0.25) is 11.8 Å². The Morgan fingerprint density at radius 1 is 1.44 bits per heavy atom. The van der Waals surface area contributed by atoms with Crippen LogP contribution in [0, 0.1) is 0 Å². The number of carbonyl (C=O) groups is 2. The smallest absolute Gasteiger partial charge is 0.244 e. The predicted molar refractivity (Wildman–Crippen MR) is 59.8 cm³/mol. The number of rotatable bonds is 2. The number of piperidine rings is 1. The first-order valence-electron chi connectivity index (χ1n) is 5.97. The van der Waals surface area contributed by atoms with Crippen molar-refractivity contribution in [3.05, 3.63) is 0 Å². The first kappa shape index (κ1) is 11.4. The average Bonchev–Trinajstić information content (AvgIpc) is 2.62. The highest BCUT2D eigenvalue weighted by molar-refractivity contribution is 5.90. The van der Waals surface area contributed by atoms with Crippen molar-refractivity contribution in [3.63, 3.8) is 0 Å². The number of carbonyl (C=O) groups excluding carboxylic acids is 2. The second-order valence-electron chi connectivity index (χ2n) is 4.61. The van der Waals surface area contributed by atoms with Gasteiger partial charge in [0.15, 0.2) is 0 Å². The monoisotopic (exact) mass is 225 g/mol. The molecule has 16 heavy (non-hydrogen) atoms. The lowest BCUT2D eigenvalue weighted by atomic mass is 10.0. The number of amides is 2. The van der Waals surface area contributed by atoms with E-state index in [1.807, 2.05) is 0 Å². The molecule has 0 spiro atoms. The van der Waals surface area contributed by atoms with Gasteiger partial charge >= 0.3 is 0 Å². The third kappa shape index (κ3) is 2.35. The quantitative estimate of drug-likeness (QED) is 0.664. The molecule has 2 fully saturated rings. The van der Waals surface area contributed by atoms with E-state index in [1.165, 1.54) is 0 Å². The van der Waals surface area contributed by atoms with Crippen LogP contribution in [0.1, 0.15) is 25.7 Å². The number of likely N-dealkylation sites (tertiary alicyclic amines) is 1. The minimum Gasteiger partial charge on any atom is -0.344 e. The summed E-state index contributed by atoms with van der Waals surface area (Å²) in [5, 5.41) is 6.02. The van der Waals surface area contributed by atoms with E-state index in [4.69, 9.17) is 0 Å². The Kier molecular flexibility index (Phi) is 3.43. The summed E-state index contributed by atoms with van der Waals surface area (Å²) in [6.45, 7) is 1.64. The van der Waals surface area contributed by atoms with Gasteiger partial charge < -0.3 is 15.5 Å². The van der Waals surface area contributed by atoms with E-state index in [1.54, 1.807) is 11.9 Å². The van der Waals surface area contributed by atoms with E-state index >= 15 is 0 Å². The zero-order valence-electron chi connectivity index (χ0n) is 9.66. The Hall–Kier alpha value is -1.10. The number of likely N-dealkylation sites (N-methyl/N-ethyl adjacent to an activating group) is 1. The molecule has 0 bridgehead atoms. The molecule has 0 saturated carbocycles. The molecule has 5 heteroatoms. The molecule has 2 aliphatic rings. The molecule has 2 amide bonds. The van der Waals surface area contributed by atoms with Crippen LogP contribution in [0.2, 0.25) is 0 Å². The summed E-state index contributed by atoms with van der Waals surface area (Å²) in [6.07, 6.45) is 3.83. The number of hydrogen-bond acceptors (Lipinski definition) is 3. The molecule has 2 rings (SSSR count). The molecule has 2 N–H and O–H groups in total. The zero-order chi connectivity index (χ0) is 11.5. The normalized spacial score (nSPS) is 30.6. The van der Waals surface area contributed by atoms with Crippen LogP contribution < -0.4 is 10.6 Å². The molecule has 0 aromatic carbocycles. The van der Waals surface area contributed by atoms with Gasteiger partial charge in [-0.25, -0.2) is 0 Å². The lowest BCUT2D eigenvalue weighted by molar-refractivity contribution is -0.132. The van der Waals surface area contributed by atoms with E-state index in [9.17, 15) is 9.59 Å². The Bertz CT molecular complexity index is 287. The Balaban J connectivity index is 1.84. The maximum Gasteiger partial charge on any atom is 0.244 e. The van der Waals surface area contributed by atoms with Crippen LogP contribution >= 0.6 is 0 Å². The van der Waals surface area contributed by atoms with E-state index in [2.05, 4.69) is 10.6 Å². The molecular formula is C11H19N3O2. The van der Waals surface area contributed by atoms with Crippen LogP contribution in [-0.2, 0) is 9.59 Å². The maximum atomic E-state index is 11.9. The predicted octanol–water partition coefficient (Wildman–Crippen LogP) is -0.525. The van der Waals surface area contributed by atoms with Crippen molar-refractivity contribution in [2.75, 3.05) is 20.1 Å². The molecule has 2 atom stereocenters. The second kappa shape index (κ2) is 4.82. The molecule has 2 aliphatic heterocycles. The minimum absolute atomic E-state index is 0.0200. The highest BCUT2D eigenvalue weighted by atomic mass is 16.2. The minimum atomic E-state index is -0.304. The van der Waals surface area contributed by atoms with Crippen LogP contribution in [0.25, 0.3) is 0 Å². The van der Waals surface area contributed by atoms with Crippen molar-refractivity contribution < 1.29 is 9.59 Å². The van der Waals surface area contributed by atoms with E-state index in [-0.39, 0.29) is 23.9 Å². The van der Waals surface area contributed by atoms with Gasteiger partial charge in [-0.1, -0.05) is 6.42 Å². The number of hydrogen-bond donors (Lipinski definition) is 2. The van der Waals surface area contributed by atoms with Gasteiger partial charge in [-0.3, -0.25) is 9.59 Å². The fraction of sp³-hybridized carbons (Fsp3) is 0.818. The topological polar surface area (TPSA) is 61.4 Å². The molecule has 2 heterocycles. The average molecular weight is 225 g/mol. The van der Waals surface area contributed by atoms with Crippen LogP contribution in [0.15, 0.2) is 0 Å². The molecule has 0 aliphatic carbocycles. The van der Waals surface area contributed by atoms with Crippen LogP contribution in [0.3, 0.4) is 0 Å². The molecule has 0 radical (unpaired) electrons. The molecule has 0 aromatic heterocycles. The molecule has 90 valence electrons. The molecule has 5 nitrogen and oxygen atoms in total. The first-order valence-corrected chi connectivity index (χ1v) is 5.97. The lowest BCUT2D eigenvalue weighted by Crippen LogP contribution is -2.51. The van der Waals surface area contributed by atoms with Crippen molar-refractivity contribution in [2.45, 2.75) is 37.8 Å². The van der Waals surface area contributed by atoms with Crippen molar-refractivity contribution in [1.29, 1.82) is 0 Å². The summed E-state index contributed by atoms with van der Waals surface area (Å²) in [5.41, 5.74) is 0. The Labute approximate surface area is 95.6 Å². The Morgan fingerprint density at radius 3 is 2.81 bits per heavy atom.